The minimum Gasteiger partial charge on any atom is -0.0658 e. The fourth-order valence-electron chi connectivity index (χ4n) is 18.3. The molecule has 13 saturated carbocycles. The predicted octanol–water partition coefficient (Wildman–Crippen LogP) is 3.30. The molecule has 0 aromatic rings. The molecule has 21 unspecified atom stereocenters. The average molecular weight is 322 g/mol. The topological polar surface area (TPSA) is 0 Å². The maximum absolute atomic E-state index is 2.25. The van der Waals surface area contributed by atoms with Crippen LogP contribution >= 0.6 is 0 Å². The van der Waals surface area contributed by atoms with Crippen LogP contribution < -0.4 is 0 Å². The molecule has 21 atom stereocenters. The maximum Gasteiger partial charge on any atom is -0.0100 e. The first-order chi connectivity index (χ1) is 12.4. The third-order valence-electron chi connectivity index (χ3n) is 16.5. The van der Waals surface area contributed by atoms with Gasteiger partial charge in [0.15, 0.2) is 0 Å². The molecule has 0 heteroatoms. The van der Waals surface area contributed by atoms with Crippen LogP contribution in [0.2, 0.25) is 0 Å². The van der Waals surface area contributed by atoms with Gasteiger partial charge >= 0.3 is 0 Å². The summed E-state index contributed by atoms with van der Waals surface area (Å²) >= 11 is 0. The summed E-state index contributed by atoms with van der Waals surface area (Å²) < 4.78 is 0. The van der Waals surface area contributed by atoms with Crippen LogP contribution in [-0.4, -0.2) is 0 Å². The van der Waals surface area contributed by atoms with E-state index in [-0.39, 0.29) is 0 Å². The van der Waals surface area contributed by atoms with E-state index in [1.807, 2.05) is 0 Å². The van der Waals surface area contributed by atoms with Gasteiger partial charge in [0.05, 0.1) is 0 Å². The van der Waals surface area contributed by atoms with Crippen molar-refractivity contribution < 1.29 is 0 Å². The standard InChI is InChI=1S/C25H22/c1-3-5-7-11-8(5)14-18-12(7)9-6(4-2-23(4,18)17(9)11)10-13-15-16(3)24(1)21(14)25(22(15)24)19(10)20(13)25/h4,6-22H,1-2H2. The van der Waals surface area contributed by atoms with Gasteiger partial charge < -0.3 is 0 Å². The van der Waals surface area contributed by atoms with Crippen LogP contribution in [0.3, 0.4) is 0 Å². The average Bonchev–Trinajstić information content (AvgIpc) is 3.30. The summed E-state index contributed by atoms with van der Waals surface area (Å²) in [6.45, 7) is 0. The Morgan fingerprint density at radius 2 is 1.40 bits per heavy atom. The zero-order valence-electron chi connectivity index (χ0n) is 14.3. The van der Waals surface area contributed by atoms with Crippen LogP contribution in [0.1, 0.15) is 12.8 Å². The number of hydrogen-bond acceptors (Lipinski definition) is 0. The monoisotopic (exact) mass is 322 g/mol. The fourth-order valence-corrected chi connectivity index (χ4v) is 18.3. The molecule has 0 N–H and O–H groups in total. The summed E-state index contributed by atoms with van der Waals surface area (Å²) in [5.41, 5.74) is 7.46. The van der Waals surface area contributed by atoms with Crippen molar-refractivity contribution in [1.29, 1.82) is 0 Å². The Morgan fingerprint density at radius 3 is 2.36 bits per heavy atom. The summed E-state index contributed by atoms with van der Waals surface area (Å²) in [7, 11) is 0. The number of allylic oxidation sites excluding steroid dienone is 2. The molecule has 122 valence electrons. The highest BCUT2D eigenvalue weighted by Crippen LogP contribution is 3.13. The Balaban J connectivity index is 1.30. The van der Waals surface area contributed by atoms with Crippen molar-refractivity contribution in [2.45, 2.75) is 12.8 Å². The minimum atomic E-state index is 0.979. The van der Waals surface area contributed by atoms with Crippen molar-refractivity contribution in [2.75, 3.05) is 0 Å². The molecule has 0 aliphatic heterocycles. The zero-order valence-corrected chi connectivity index (χ0v) is 14.3. The third-order valence-corrected chi connectivity index (χ3v) is 16.5. The molecular formula is C25H22. The van der Waals surface area contributed by atoms with E-state index in [0.29, 0.717) is 0 Å². The van der Waals surface area contributed by atoms with E-state index in [1.54, 1.807) is 12.8 Å². The molecule has 0 saturated heterocycles. The molecule has 13 fully saturated rings. The lowest BCUT2D eigenvalue weighted by Crippen LogP contribution is -2.81. The van der Waals surface area contributed by atoms with Crippen LogP contribution in [-0.2, 0) is 0 Å². The summed E-state index contributed by atoms with van der Waals surface area (Å²) in [6.07, 6.45) is 3.45. The molecule has 14 rings (SSSR count). The molecule has 0 radical (unpaired) electrons. The first-order valence-corrected chi connectivity index (χ1v) is 12.1. The first-order valence-electron chi connectivity index (χ1n) is 12.1. The van der Waals surface area contributed by atoms with Crippen molar-refractivity contribution in [3.63, 3.8) is 0 Å². The summed E-state index contributed by atoms with van der Waals surface area (Å²) in [5, 5.41) is 0. The second kappa shape index (κ2) is 1.93. The molecular weight excluding hydrogens is 300 g/mol. The van der Waals surface area contributed by atoms with Gasteiger partial charge in [-0.1, -0.05) is 11.1 Å². The Hall–Kier alpha value is -0.260. The van der Waals surface area contributed by atoms with E-state index in [2.05, 4.69) is 11.1 Å². The lowest BCUT2D eigenvalue weighted by Gasteiger charge is -2.85. The molecule has 0 heterocycles. The summed E-state index contributed by atoms with van der Waals surface area (Å²) in [6, 6.07) is 0. The van der Waals surface area contributed by atoms with E-state index >= 15 is 0 Å². The van der Waals surface area contributed by atoms with E-state index in [4.69, 9.17) is 0 Å². The highest BCUT2D eigenvalue weighted by molar-refractivity contribution is 5.64. The fraction of sp³-hybridized carbons (Fsp3) is 0.920. The molecule has 11 bridgehead atoms. The van der Waals surface area contributed by atoms with Crippen molar-refractivity contribution >= 4 is 0 Å². The lowest BCUT2D eigenvalue weighted by molar-refractivity contribution is -0.362. The lowest BCUT2D eigenvalue weighted by atomic mass is 9.18. The Labute approximate surface area is 147 Å². The van der Waals surface area contributed by atoms with Crippen LogP contribution in [0.5, 0.6) is 0 Å². The highest BCUT2D eigenvalue weighted by atomic mass is 15.1. The Kier molecular flexibility index (Phi) is 0.756. The highest BCUT2D eigenvalue weighted by Gasteiger charge is 3.10. The van der Waals surface area contributed by atoms with Crippen LogP contribution in [0.15, 0.2) is 11.1 Å². The molecule has 0 aromatic carbocycles. The molecule has 0 aromatic heterocycles. The molecule has 0 amide bonds. The normalized spacial score (nSPS) is 106. The van der Waals surface area contributed by atoms with E-state index in [1.165, 1.54) is 107 Å². The maximum atomic E-state index is 2.25. The molecule has 25 heavy (non-hydrogen) atoms. The van der Waals surface area contributed by atoms with Crippen molar-refractivity contribution in [3.8, 4) is 0 Å². The van der Waals surface area contributed by atoms with E-state index < -0.39 is 0 Å². The quantitative estimate of drug-likeness (QED) is 0.600. The smallest absolute Gasteiger partial charge is 0.0100 e. The zero-order chi connectivity index (χ0) is 14.5. The largest absolute Gasteiger partial charge is 0.0658 e. The predicted molar refractivity (Wildman–Crippen MR) is 86.4 cm³/mol. The number of fused-ring (bicyclic) bond motifs is 4. The van der Waals surface area contributed by atoms with Gasteiger partial charge in [-0.15, -0.1) is 0 Å². The molecule has 3 spiro atoms. The molecule has 14 aliphatic carbocycles. The Bertz CT molecular complexity index is 1080. The second-order valence-corrected chi connectivity index (χ2v) is 14.4. The van der Waals surface area contributed by atoms with Gasteiger partial charge in [0, 0.05) is 0 Å². The van der Waals surface area contributed by atoms with Gasteiger partial charge in [-0.2, -0.15) is 0 Å². The van der Waals surface area contributed by atoms with Gasteiger partial charge in [0.2, 0.25) is 0 Å². The minimum absolute atomic E-state index is 0.979. The van der Waals surface area contributed by atoms with Crippen molar-refractivity contribution in [2.24, 2.45) is 123 Å². The second-order valence-electron chi connectivity index (χ2n) is 14.4. The van der Waals surface area contributed by atoms with Gasteiger partial charge in [0.1, 0.15) is 0 Å². The molecule has 14 aliphatic rings. The Morgan fingerprint density at radius 1 is 0.640 bits per heavy atom. The van der Waals surface area contributed by atoms with E-state index in [0.717, 1.165) is 16.2 Å². The van der Waals surface area contributed by atoms with Gasteiger partial charge in [0.25, 0.3) is 0 Å². The van der Waals surface area contributed by atoms with Gasteiger partial charge in [-0.25, -0.2) is 0 Å². The first kappa shape index (κ1) is 9.79. The van der Waals surface area contributed by atoms with Crippen molar-refractivity contribution in [1.82, 2.24) is 0 Å². The van der Waals surface area contributed by atoms with Crippen LogP contribution in [0, 0.1) is 123 Å². The third kappa shape index (κ3) is 0.429. The number of hydrogen-bond donors (Lipinski definition) is 0. The molecule has 0 nitrogen and oxygen atoms in total. The summed E-state index contributed by atoms with van der Waals surface area (Å²) in [4.78, 5) is 0. The van der Waals surface area contributed by atoms with Crippen LogP contribution in [0.25, 0.3) is 0 Å². The van der Waals surface area contributed by atoms with E-state index in [9.17, 15) is 0 Å². The SMILES string of the molecule is C1C2C3C4C5C6C7=C8CC9%10C8C8C%11C3C3C%11C3(C89)C%10C3C7C6C4C12C53. The number of rotatable bonds is 0. The van der Waals surface area contributed by atoms with Crippen LogP contribution in [0.4, 0.5) is 0 Å². The van der Waals surface area contributed by atoms with Crippen molar-refractivity contribution in [3.05, 3.63) is 11.1 Å². The summed E-state index contributed by atoms with van der Waals surface area (Å²) in [5.74, 6) is 23.2. The van der Waals surface area contributed by atoms with Gasteiger partial charge in [-0.3, -0.25) is 0 Å². The van der Waals surface area contributed by atoms with Gasteiger partial charge in [-0.05, 0) is 136 Å².